The van der Waals surface area contributed by atoms with Crippen molar-refractivity contribution in [1.29, 1.82) is 5.41 Å². The van der Waals surface area contributed by atoms with Gasteiger partial charge in [-0.05, 0) is 143 Å². The number of aromatic nitrogens is 2. The number of aliphatic hydroxyl groups excluding tert-OH is 1. The normalized spacial score (nSPS) is 28.2. The maximum atomic E-state index is 16.3. The lowest BCUT2D eigenvalue weighted by atomic mass is 9.71. The molecule has 14 atom stereocenters. The van der Waals surface area contributed by atoms with Gasteiger partial charge in [-0.15, -0.1) is 0 Å². The van der Waals surface area contributed by atoms with Crippen LogP contribution in [0.3, 0.4) is 0 Å². The Labute approximate surface area is 609 Å². The quantitative estimate of drug-likeness (QED) is 0.0296. The molecule has 6 aliphatic rings. The van der Waals surface area contributed by atoms with Crippen LogP contribution in [-0.2, 0) is 64.0 Å². The van der Waals surface area contributed by atoms with Gasteiger partial charge in [0.25, 0.3) is 0 Å². The third-order valence-electron chi connectivity index (χ3n) is 21.5. The molecular weight excluding hydrogens is 1340 g/mol. The van der Waals surface area contributed by atoms with Gasteiger partial charge in [-0.2, -0.15) is 11.8 Å². The van der Waals surface area contributed by atoms with Gasteiger partial charge >= 0.3 is 0 Å². The number of carbonyl (C=O) groups is 8. The first-order valence-corrected chi connectivity index (χ1v) is 37.7. The van der Waals surface area contributed by atoms with Crippen LogP contribution in [0.4, 0.5) is 0 Å². The summed E-state index contributed by atoms with van der Waals surface area (Å²) in [5.74, 6) is -4.97. The molecule has 2 fully saturated rings. The fourth-order valence-electron chi connectivity index (χ4n) is 16.2. The Kier molecular flexibility index (Phi) is 24.2. The third kappa shape index (κ3) is 17.6. The highest BCUT2D eigenvalue weighted by Gasteiger charge is 2.47. The predicted molar refractivity (Wildman–Crippen MR) is 401 cm³/mol. The van der Waals surface area contributed by atoms with Crippen molar-refractivity contribution in [3.63, 3.8) is 0 Å². The molecule has 4 aromatic carbocycles. The van der Waals surface area contributed by atoms with E-state index in [1.165, 1.54) is 35.2 Å². The van der Waals surface area contributed by atoms with Gasteiger partial charge in [-0.3, -0.25) is 43.8 Å². The summed E-state index contributed by atoms with van der Waals surface area (Å²) in [5, 5.41) is 52.8. The van der Waals surface area contributed by atoms with Crippen molar-refractivity contribution in [3.8, 4) is 0 Å². The number of nitrogens with zero attached hydrogens (tertiary/aromatic N) is 1. The molecular formula is C78H98N16O9S. The molecule has 2 unspecified atom stereocenters. The number of amides is 7. The van der Waals surface area contributed by atoms with Gasteiger partial charge < -0.3 is 84.6 Å². The Morgan fingerprint density at radius 1 is 0.712 bits per heavy atom. The molecule has 25 nitrogen and oxygen atoms in total. The highest BCUT2D eigenvalue weighted by Crippen LogP contribution is 2.45. The number of likely N-dealkylation sites (tertiary alicyclic amines) is 1. The number of benzene rings is 4. The van der Waals surface area contributed by atoms with E-state index in [0.717, 1.165) is 41.4 Å². The topological polar surface area (TPSA) is 388 Å². The standard InChI is InChI=1S/C78H98N16O9S/c1-45(95)68-76(103)89-61(34-46-17-5-3-6-18-46)70(97)55-38-51-21-11-13-29-78(51)39-64(75(102)90-62(35-47-19-7-4-8-20-47)73(100)91-63(36-49-40-83-56-24-10-9-22-52(49)56)74(101)87-58(69(55)93-68)25-12-14-30-79)92-71(98)59(27-16-31-82-77(80)81)88-72(99)60(28-32-85-78)86-66(96)44-104-43-48-33-54-53-23-15-26-57-67(53)50(41-84-57)37-65(54)94(2)42-48/h3-11,13,15,17-24,26,29,40-41,45,48,51,54,58-65,68,83-85,93,95H,12,14,16,25,27-28,30-39,42-44,79H2,1-2H3,(H,86,96)(H,87,101)(H,88,99)(H,89,103)(H,90,102)(H,91,100)(H,92,98)(H4,80,81,82)/b69-55-/t45-,48-,51?,54-,58+,59+,60-,61+,62+,63-,64+,65-,68+,78?/m1/s1. The molecule has 2 aliphatic carbocycles. The summed E-state index contributed by atoms with van der Waals surface area (Å²) in [6.07, 6.45) is 12.6. The zero-order valence-corrected chi connectivity index (χ0v) is 59.8. The number of H-pyrrole nitrogens is 2. The van der Waals surface area contributed by atoms with Crippen LogP contribution in [0.15, 0.2) is 151 Å². The Bertz CT molecular complexity index is 4220. The van der Waals surface area contributed by atoms with Crippen molar-refractivity contribution in [2.75, 3.05) is 44.7 Å². The Balaban J connectivity index is 0.938. The van der Waals surface area contributed by atoms with Crippen LogP contribution in [0.25, 0.3) is 21.8 Å². The molecule has 6 heterocycles. The van der Waals surface area contributed by atoms with E-state index in [2.05, 4.69) is 99.5 Å². The molecule has 7 amide bonds. The first-order valence-electron chi connectivity index (χ1n) is 36.5. The fraction of sp³-hybridized carbons (Fsp3) is 0.449. The number of hydrogen-bond acceptors (Lipinski definition) is 15. The van der Waals surface area contributed by atoms with E-state index in [1.54, 1.807) is 24.4 Å². The summed E-state index contributed by atoms with van der Waals surface area (Å²) in [6.45, 7) is 2.76. The predicted octanol–water partition coefficient (Wildman–Crippen LogP) is 3.30. The van der Waals surface area contributed by atoms with Crippen LogP contribution >= 0.6 is 11.8 Å². The van der Waals surface area contributed by atoms with E-state index in [9.17, 15) is 14.7 Å². The first-order chi connectivity index (χ1) is 50.3. The lowest BCUT2D eigenvalue weighted by Gasteiger charge is -2.45. The maximum absolute atomic E-state index is 16.3. The molecule has 18 N–H and O–H groups in total. The van der Waals surface area contributed by atoms with E-state index in [4.69, 9.17) is 16.9 Å². The number of nitrogens with two attached hydrogens (primary N) is 2. The van der Waals surface area contributed by atoms with Crippen molar-refractivity contribution < 1.29 is 43.5 Å². The van der Waals surface area contributed by atoms with E-state index < -0.39 is 107 Å². The van der Waals surface area contributed by atoms with Crippen molar-refractivity contribution >= 4 is 86.7 Å². The van der Waals surface area contributed by atoms with Gasteiger partial charge in [-0.25, -0.2) is 0 Å². The lowest BCUT2D eigenvalue weighted by molar-refractivity contribution is -0.135. The van der Waals surface area contributed by atoms with E-state index in [-0.39, 0.29) is 112 Å². The van der Waals surface area contributed by atoms with Gasteiger partial charge in [0.15, 0.2) is 11.7 Å². The number of aliphatic hydroxyl groups is 1. The number of guanidine groups is 1. The molecule has 2 bridgehead atoms. The molecule has 2 saturated heterocycles. The van der Waals surface area contributed by atoms with Gasteiger partial charge in [-0.1, -0.05) is 115 Å². The zero-order chi connectivity index (χ0) is 73.0. The monoisotopic (exact) mass is 1430 g/mol. The number of unbranched alkanes of at least 4 members (excludes halogenated alkanes) is 1. The molecule has 104 heavy (non-hydrogen) atoms. The van der Waals surface area contributed by atoms with Gasteiger partial charge in [0.05, 0.1) is 23.9 Å². The number of aromatic amines is 2. The number of carbonyl (C=O) groups excluding carboxylic acids is 8. The SMILES string of the molecule is C[C@@H](O)[C@@H]1N/C2=C(/CC3C=CC=CC34C[C@H](NC(=O)[C@H](CCCNC(=N)N)NC(=O)[C@H](NC(=O)CSC[C@@H]3C[C@@H]5c6cccc7[nH]cc(c67)C[C@H]5N(C)C3)CCN4)C(=O)N[C@@H](Cc3ccccc3)C(=O)N[C@H](Cc3c[nH]c4ccccc34)C(=O)N[C@H]2CCCCN)C(=O)[C@H](Cc2ccccc2)NC1=O. The van der Waals surface area contributed by atoms with Crippen molar-refractivity contribution in [1.82, 2.24) is 68.0 Å². The summed E-state index contributed by atoms with van der Waals surface area (Å²) in [5.41, 5.74) is 17.4. The number of para-hydroxylation sites is 1. The van der Waals surface area contributed by atoms with Crippen molar-refractivity contribution in [2.45, 2.75) is 162 Å². The number of thioether (sulfide) groups is 1. The average molecular weight is 1440 g/mol. The van der Waals surface area contributed by atoms with Gasteiger partial charge in [0, 0.05) is 101 Å². The lowest BCUT2D eigenvalue weighted by Crippen LogP contribution is -2.64. The molecule has 0 radical (unpaired) electrons. The summed E-state index contributed by atoms with van der Waals surface area (Å²) < 4.78 is 0. The highest BCUT2D eigenvalue weighted by atomic mass is 32.2. The molecule has 2 aromatic heterocycles. The number of nitrogens with one attached hydrogen (secondary N) is 13. The van der Waals surface area contributed by atoms with Crippen LogP contribution in [0.5, 0.6) is 0 Å². The molecule has 6 aromatic rings. The number of Topliss-reactive ketones (excluding diaryl/α,β-unsaturated/α-hetero) is 1. The summed E-state index contributed by atoms with van der Waals surface area (Å²) in [7, 11) is 2.18. The van der Waals surface area contributed by atoms with Crippen molar-refractivity contribution in [2.24, 2.45) is 23.3 Å². The molecule has 26 heteroatoms. The zero-order valence-electron chi connectivity index (χ0n) is 58.9. The number of likely N-dealkylation sites (N-methyl/N-ethyl adjacent to an activating group) is 1. The summed E-state index contributed by atoms with van der Waals surface area (Å²) >= 11 is 1.51. The van der Waals surface area contributed by atoms with Gasteiger partial charge in [0.2, 0.25) is 41.4 Å². The Hall–Kier alpha value is -9.60. The largest absolute Gasteiger partial charge is 0.391 e. The number of piperidine rings is 1. The van der Waals surface area contributed by atoms with Crippen LogP contribution in [0.1, 0.15) is 98.4 Å². The van der Waals surface area contributed by atoms with Crippen LogP contribution < -0.4 is 64.6 Å². The van der Waals surface area contributed by atoms with E-state index in [0.29, 0.717) is 41.7 Å². The number of rotatable bonds is 20. The fourth-order valence-corrected chi connectivity index (χ4v) is 17.2. The van der Waals surface area contributed by atoms with Gasteiger partial charge in [0.1, 0.15) is 36.3 Å². The maximum Gasteiger partial charge on any atom is 0.245 e. The molecule has 1 spiro atoms. The number of fused-ring (bicyclic) bond motifs is 4. The van der Waals surface area contributed by atoms with Crippen LogP contribution in [0.2, 0.25) is 0 Å². The molecule has 0 saturated carbocycles. The molecule has 550 valence electrons. The second-order valence-electron chi connectivity index (χ2n) is 28.8. The summed E-state index contributed by atoms with van der Waals surface area (Å²) in [6, 6.07) is 22.1. The minimum absolute atomic E-state index is 0.00572. The average Bonchev–Trinajstić information content (AvgIpc) is 1.48. The minimum Gasteiger partial charge on any atom is -0.391 e. The number of allylic oxidation sites excluding steroid dienone is 2. The second kappa shape index (κ2) is 33.9. The minimum atomic E-state index is -1.51. The molecule has 12 rings (SSSR count). The third-order valence-corrected chi connectivity index (χ3v) is 22.7. The van der Waals surface area contributed by atoms with Crippen molar-refractivity contribution in [3.05, 3.63) is 179 Å². The van der Waals surface area contributed by atoms with Crippen LogP contribution in [0, 0.1) is 17.2 Å². The first kappa shape index (κ1) is 74.1. The van der Waals surface area contributed by atoms with E-state index >= 15 is 28.8 Å². The number of ketones is 1. The second-order valence-corrected chi connectivity index (χ2v) is 29.9. The van der Waals surface area contributed by atoms with E-state index in [1.807, 2.05) is 91.0 Å². The smallest absolute Gasteiger partial charge is 0.245 e. The van der Waals surface area contributed by atoms with Crippen LogP contribution in [-0.4, -0.2) is 184 Å². The Morgan fingerprint density at radius 2 is 1.38 bits per heavy atom. The summed E-state index contributed by atoms with van der Waals surface area (Å²) in [4.78, 5) is 133. The molecule has 4 aliphatic heterocycles. The number of hydrogen-bond donors (Lipinski definition) is 16. The Morgan fingerprint density at radius 3 is 2.12 bits per heavy atom. The highest BCUT2D eigenvalue weighted by molar-refractivity contribution is 7.99.